The number of rotatable bonds is 2. The summed E-state index contributed by atoms with van der Waals surface area (Å²) in [6.07, 6.45) is 0. The number of benzene rings is 1. The molecule has 4 nitrogen and oxygen atoms in total. The molecule has 0 aliphatic carbocycles. The van der Waals surface area contributed by atoms with E-state index in [-0.39, 0.29) is 12.1 Å². The van der Waals surface area contributed by atoms with Crippen LogP contribution in [0.4, 0.5) is 4.39 Å². The van der Waals surface area contributed by atoms with Crippen LogP contribution in [0.25, 0.3) is 0 Å². The number of likely N-dealkylation sites (N-methyl/N-ethyl adjacent to an activating group) is 1. The van der Waals surface area contributed by atoms with E-state index in [0.29, 0.717) is 5.02 Å². The Bertz CT molecular complexity index is 437. The lowest BCUT2D eigenvalue weighted by Gasteiger charge is -2.15. The van der Waals surface area contributed by atoms with Crippen LogP contribution < -0.4 is 5.73 Å². The molecule has 0 radical (unpaired) electrons. The summed E-state index contributed by atoms with van der Waals surface area (Å²) < 4.78 is 13.3. The summed E-state index contributed by atoms with van der Waals surface area (Å²) in [5.74, 6) is -2.45. The number of primary amides is 1. The summed E-state index contributed by atoms with van der Waals surface area (Å²) in [4.78, 5) is 22.8. The first-order valence-electron chi connectivity index (χ1n) is 4.40. The summed E-state index contributed by atoms with van der Waals surface area (Å²) in [5.41, 5.74) is 5.04. The van der Waals surface area contributed by atoms with Crippen molar-refractivity contribution in [2.45, 2.75) is 6.54 Å². The highest BCUT2D eigenvalue weighted by molar-refractivity contribution is 6.34. The highest BCUT2D eigenvalue weighted by Crippen LogP contribution is 2.16. The first-order chi connectivity index (χ1) is 7.41. The smallest absolute Gasteiger partial charge is 0.311 e. The number of amides is 2. The van der Waals surface area contributed by atoms with Crippen molar-refractivity contribution in [2.24, 2.45) is 5.73 Å². The van der Waals surface area contributed by atoms with Crippen LogP contribution in [0.15, 0.2) is 18.2 Å². The van der Waals surface area contributed by atoms with Crippen molar-refractivity contribution in [3.63, 3.8) is 0 Å². The number of nitrogens with zero attached hydrogens (tertiary/aromatic N) is 1. The lowest BCUT2D eigenvalue weighted by atomic mass is 10.2. The highest BCUT2D eigenvalue weighted by atomic mass is 35.5. The first kappa shape index (κ1) is 12.4. The van der Waals surface area contributed by atoms with Crippen LogP contribution in [0.1, 0.15) is 5.56 Å². The lowest BCUT2D eigenvalue weighted by molar-refractivity contribution is -0.143. The van der Waals surface area contributed by atoms with Gasteiger partial charge in [0.15, 0.2) is 0 Å². The van der Waals surface area contributed by atoms with Gasteiger partial charge >= 0.3 is 11.8 Å². The Kier molecular flexibility index (Phi) is 3.84. The molecule has 1 aromatic rings. The van der Waals surface area contributed by atoms with E-state index in [0.717, 1.165) is 4.90 Å². The molecule has 0 atom stereocenters. The second-order valence-electron chi connectivity index (χ2n) is 3.26. The van der Waals surface area contributed by atoms with E-state index in [1.165, 1.54) is 25.2 Å². The third-order valence-electron chi connectivity index (χ3n) is 1.97. The van der Waals surface area contributed by atoms with Gasteiger partial charge in [0.25, 0.3) is 0 Å². The molecule has 0 bridgehead atoms. The number of hydrogen-bond acceptors (Lipinski definition) is 2. The van der Waals surface area contributed by atoms with Crippen molar-refractivity contribution in [1.29, 1.82) is 0 Å². The average molecular weight is 245 g/mol. The number of nitrogens with two attached hydrogens (primary N) is 1. The van der Waals surface area contributed by atoms with Crippen LogP contribution in [0.5, 0.6) is 0 Å². The maximum absolute atomic E-state index is 13.3. The Balaban J connectivity index is 2.84. The quantitative estimate of drug-likeness (QED) is 0.787. The molecule has 0 saturated carbocycles. The molecule has 0 aromatic heterocycles. The van der Waals surface area contributed by atoms with Gasteiger partial charge < -0.3 is 10.6 Å². The van der Waals surface area contributed by atoms with Crippen LogP contribution in [0.2, 0.25) is 5.02 Å². The number of carbonyl (C=O) groups is 2. The van der Waals surface area contributed by atoms with Crippen LogP contribution in [0.3, 0.4) is 0 Å². The van der Waals surface area contributed by atoms with Gasteiger partial charge in [-0.05, 0) is 18.2 Å². The molecule has 6 heteroatoms. The van der Waals surface area contributed by atoms with Crippen molar-refractivity contribution >= 4 is 23.4 Å². The molecule has 16 heavy (non-hydrogen) atoms. The molecule has 0 aliphatic heterocycles. The van der Waals surface area contributed by atoms with Gasteiger partial charge in [0.2, 0.25) is 0 Å². The Hall–Kier alpha value is -1.62. The van der Waals surface area contributed by atoms with Crippen molar-refractivity contribution in [1.82, 2.24) is 4.90 Å². The summed E-state index contributed by atoms with van der Waals surface area (Å²) in [7, 11) is 1.35. The molecule has 2 N–H and O–H groups in total. The topological polar surface area (TPSA) is 63.4 Å². The number of halogens is 2. The SMILES string of the molecule is CN(Cc1cc(Cl)ccc1F)C(=O)C(N)=O. The van der Waals surface area contributed by atoms with E-state index in [1.54, 1.807) is 0 Å². The fourth-order valence-corrected chi connectivity index (χ4v) is 1.37. The summed E-state index contributed by atoms with van der Waals surface area (Å²) in [5, 5.41) is 0.358. The largest absolute Gasteiger partial charge is 0.361 e. The van der Waals surface area contributed by atoms with E-state index in [2.05, 4.69) is 0 Å². The first-order valence-corrected chi connectivity index (χ1v) is 4.78. The third-order valence-corrected chi connectivity index (χ3v) is 2.21. The Morgan fingerprint density at radius 1 is 1.50 bits per heavy atom. The Labute approximate surface area is 96.8 Å². The minimum atomic E-state index is -1.08. The molecule has 1 rings (SSSR count). The Morgan fingerprint density at radius 3 is 2.69 bits per heavy atom. The molecule has 86 valence electrons. The zero-order valence-corrected chi connectivity index (χ0v) is 9.29. The molecule has 1 aromatic carbocycles. The predicted octanol–water partition coefficient (Wildman–Crippen LogP) is 0.923. The third kappa shape index (κ3) is 2.93. The van der Waals surface area contributed by atoms with Gasteiger partial charge in [-0.3, -0.25) is 9.59 Å². The van der Waals surface area contributed by atoms with Crippen molar-refractivity contribution in [3.8, 4) is 0 Å². The minimum absolute atomic E-state index is 0.0613. The molecular weight excluding hydrogens is 235 g/mol. The van der Waals surface area contributed by atoms with Gasteiger partial charge in [-0.25, -0.2) is 4.39 Å². The molecule has 0 heterocycles. The molecule has 0 saturated heterocycles. The van der Waals surface area contributed by atoms with Gasteiger partial charge in [0.05, 0.1) is 0 Å². The van der Waals surface area contributed by atoms with Crippen molar-refractivity contribution < 1.29 is 14.0 Å². The van der Waals surface area contributed by atoms with Gasteiger partial charge in [-0.15, -0.1) is 0 Å². The molecule has 0 spiro atoms. The highest BCUT2D eigenvalue weighted by Gasteiger charge is 2.16. The zero-order valence-electron chi connectivity index (χ0n) is 8.54. The summed E-state index contributed by atoms with van der Waals surface area (Å²) in [6.45, 7) is -0.0613. The number of hydrogen-bond donors (Lipinski definition) is 1. The second-order valence-corrected chi connectivity index (χ2v) is 3.70. The van der Waals surface area contributed by atoms with Crippen LogP contribution in [0, 0.1) is 5.82 Å². The Morgan fingerprint density at radius 2 is 2.12 bits per heavy atom. The van der Waals surface area contributed by atoms with E-state index < -0.39 is 17.6 Å². The van der Waals surface area contributed by atoms with E-state index in [9.17, 15) is 14.0 Å². The normalized spacial score (nSPS) is 9.94. The average Bonchev–Trinajstić information content (AvgIpc) is 2.22. The summed E-state index contributed by atoms with van der Waals surface area (Å²) >= 11 is 5.68. The van der Waals surface area contributed by atoms with Crippen LogP contribution in [-0.4, -0.2) is 23.8 Å². The zero-order chi connectivity index (χ0) is 12.3. The number of carbonyl (C=O) groups excluding carboxylic acids is 2. The second kappa shape index (κ2) is 4.94. The maximum Gasteiger partial charge on any atom is 0.311 e. The molecule has 0 aliphatic rings. The fourth-order valence-electron chi connectivity index (χ4n) is 1.18. The molecule has 0 unspecified atom stereocenters. The lowest BCUT2D eigenvalue weighted by Crippen LogP contribution is -2.37. The van der Waals surface area contributed by atoms with E-state index >= 15 is 0 Å². The maximum atomic E-state index is 13.3. The van der Waals surface area contributed by atoms with Gasteiger partial charge in [-0.1, -0.05) is 11.6 Å². The van der Waals surface area contributed by atoms with Crippen molar-refractivity contribution in [3.05, 3.63) is 34.6 Å². The molecule has 2 amide bonds. The molecular formula is C10H10ClFN2O2. The monoisotopic (exact) mass is 244 g/mol. The van der Waals surface area contributed by atoms with E-state index in [4.69, 9.17) is 17.3 Å². The van der Waals surface area contributed by atoms with Crippen molar-refractivity contribution in [2.75, 3.05) is 7.05 Å². The van der Waals surface area contributed by atoms with Gasteiger partial charge in [-0.2, -0.15) is 0 Å². The predicted molar refractivity (Wildman–Crippen MR) is 57.1 cm³/mol. The summed E-state index contributed by atoms with van der Waals surface area (Å²) in [6, 6.07) is 3.98. The van der Waals surface area contributed by atoms with Gasteiger partial charge in [0, 0.05) is 24.2 Å². The van der Waals surface area contributed by atoms with Gasteiger partial charge in [0.1, 0.15) is 5.82 Å². The van der Waals surface area contributed by atoms with Crippen LogP contribution in [-0.2, 0) is 16.1 Å². The van der Waals surface area contributed by atoms with Crippen LogP contribution >= 0.6 is 11.6 Å². The van der Waals surface area contributed by atoms with E-state index in [1.807, 2.05) is 0 Å². The fraction of sp³-hybridized carbons (Fsp3) is 0.200. The molecule has 0 fully saturated rings. The minimum Gasteiger partial charge on any atom is -0.361 e. The standard InChI is InChI=1S/C10H10ClFN2O2/c1-14(10(16)9(13)15)5-6-4-7(11)2-3-8(6)12/h2-4H,5H2,1H3,(H2,13,15).